The van der Waals surface area contributed by atoms with E-state index in [0.717, 1.165) is 5.56 Å². The molecule has 1 aromatic rings. The van der Waals surface area contributed by atoms with Crippen molar-refractivity contribution in [2.75, 3.05) is 19.0 Å². The molecule has 148 valence electrons. The van der Waals surface area contributed by atoms with Crippen molar-refractivity contribution in [1.29, 1.82) is 0 Å². The molecule has 9 heteroatoms. The van der Waals surface area contributed by atoms with Crippen LogP contribution < -0.4 is 15.4 Å². The van der Waals surface area contributed by atoms with Crippen molar-refractivity contribution in [2.45, 2.75) is 43.9 Å². The Morgan fingerprint density at radius 3 is 2.74 bits per heavy atom. The molecule has 6 nitrogen and oxygen atoms in total. The van der Waals surface area contributed by atoms with Gasteiger partial charge in [-0.2, -0.15) is 13.2 Å². The van der Waals surface area contributed by atoms with Crippen LogP contribution in [-0.4, -0.2) is 37.4 Å². The van der Waals surface area contributed by atoms with E-state index in [2.05, 4.69) is 10.6 Å². The molecule has 2 aliphatic rings. The second-order valence-electron chi connectivity index (χ2n) is 6.90. The molecule has 0 aromatic heterocycles. The Labute approximate surface area is 154 Å². The Morgan fingerprint density at radius 1 is 1.37 bits per heavy atom. The van der Waals surface area contributed by atoms with E-state index in [9.17, 15) is 22.8 Å². The van der Waals surface area contributed by atoms with E-state index < -0.39 is 17.7 Å². The molecule has 0 spiro atoms. The number of nitrogens with one attached hydrogen (secondary N) is 2. The van der Waals surface area contributed by atoms with Crippen LogP contribution in [-0.2, 0) is 14.3 Å². The number of ether oxygens (including phenoxy) is 2. The molecule has 0 radical (unpaired) electrons. The summed E-state index contributed by atoms with van der Waals surface area (Å²) in [4.78, 5) is 22.4. The highest BCUT2D eigenvalue weighted by atomic mass is 19.4. The minimum absolute atomic E-state index is 0.0509. The predicted molar refractivity (Wildman–Crippen MR) is 90.3 cm³/mol. The monoisotopic (exact) mass is 386 g/mol. The summed E-state index contributed by atoms with van der Waals surface area (Å²) >= 11 is 0. The van der Waals surface area contributed by atoms with Gasteiger partial charge in [-0.3, -0.25) is 9.59 Å². The number of carbonyl (C=O) groups is 2. The number of fused-ring (bicyclic) bond motifs is 3. The molecule has 1 fully saturated rings. The van der Waals surface area contributed by atoms with Gasteiger partial charge < -0.3 is 20.1 Å². The highest BCUT2D eigenvalue weighted by molar-refractivity contribution is 5.84. The number of amides is 1. The molecule has 1 aliphatic heterocycles. The van der Waals surface area contributed by atoms with E-state index in [1.165, 1.54) is 14.0 Å². The lowest BCUT2D eigenvalue weighted by Crippen LogP contribution is -2.66. The molecule has 27 heavy (non-hydrogen) atoms. The highest BCUT2D eigenvalue weighted by Gasteiger charge is 2.61. The fraction of sp³-hybridized carbons (Fsp3) is 0.556. The molecule has 1 amide bonds. The lowest BCUT2D eigenvalue weighted by molar-refractivity contribution is -0.177. The predicted octanol–water partition coefficient (Wildman–Crippen LogP) is 2.94. The van der Waals surface area contributed by atoms with Crippen LogP contribution in [0.5, 0.6) is 5.75 Å². The van der Waals surface area contributed by atoms with E-state index in [1.807, 2.05) is 6.07 Å². The smallest absolute Gasteiger partial charge is 0.471 e. The number of carbonyl (C=O) groups excluding carboxylic acids is 2. The molecule has 3 atom stereocenters. The van der Waals surface area contributed by atoms with Crippen molar-refractivity contribution < 1.29 is 32.2 Å². The van der Waals surface area contributed by atoms with Gasteiger partial charge in [-0.15, -0.1) is 0 Å². The number of methoxy groups -OCH3 is 1. The summed E-state index contributed by atoms with van der Waals surface area (Å²) in [7, 11) is 1.48. The Kier molecular flexibility index (Phi) is 4.96. The lowest BCUT2D eigenvalue weighted by atomic mass is 9.61. The normalized spacial score (nSPS) is 25.5. The van der Waals surface area contributed by atoms with E-state index >= 15 is 0 Å². The maximum Gasteiger partial charge on any atom is 0.471 e. The number of halogens is 3. The number of hydrogen-bond acceptors (Lipinski definition) is 5. The van der Waals surface area contributed by atoms with Crippen LogP contribution in [0.1, 0.15) is 37.7 Å². The van der Waals surface area contributed by atoms with Gasteiger partial charge >= 0.3 is 18.1 Å². The third-order valence-electron chi connectivity index (χ3n) is 5.17. The number of esters is 1. The fourth-order valence-corrected chi connectivity index (χ4v) is 4.15. The van der Waals surface area contributed by atoms with Crippen molar-refractivity contribution >= 4 is 17.6 Å². The van der Waals surface area contributed by atoms with Crippen LogP contribution in [0, 0.1) is 5.92 Å². The molecule has 0 unspecified atom stereocenters. The molecule has 1 aromatic carbocycles. The summed E-state index contributed by atoms with van der Waals surface area (Å²) in [6, 6.07) is 5.32. The molecule has 1 aliphatic carbocycles. The first kappa shape index (κ1) is 19.3. The van der Waals surface area contributed by atoms with Gasteiger partial charge in [-0.1, -0.05) is 12.1 Å². The van der Waals surface area contributed by atoms with Gasteiger partial charge in [-0.25, -0.2) is 0 Å². The molecule has 0 bridgehead atoms. The molecule has 3 rings (SSSR count). The fourth-order valence-electron chi connectivity index (χ4n) is 4.15. The van der Waals surface area contributed by atoms with Gasteiger partial charge in [0.25, 0.3) is 0 Å². The zero-order valence-corrected chi connectivity index (χ0v) is 15.0. The standard InChI is InChI=1S/C18H21F3N2O4/c1-10(24)27-8-4-5-11-9-17(23-16(25)18(19,20)21)14(11)12-6-3-7-13(26-2)15(12)22-17/h3,6-7,11,14,22H,4-5,8-9H2,1-2H3,(H,23,25)/t11-,14-,17+/m0/s1. The SMILES string of the molecule is COc1cccc2c1N[C@@]1(NC(=O)C(F)(F)F)C[C@H](CCCOC(C)=O)[C@@H]21. The third kappa shape index (κ3) is 3.54. The minimum Gasteiger partial charge on any atom is -0.495 e. The van der Waals surface area contributed by atoms with E-state index in [1.54, 1.807) is 12.1 Å². The lowest BCUT2D eigenvalue weighted by Gasteiger charge is -2.52. The largest absolute Gasteiger partial charge is 0.495 e. The number of anilines is 1. The summed E-state index contributed by atoms with van der Waals surface area (Å²) in [5.41, 5.74) is 0.242. The van der Waals surface area contributed by atoms with Crippen LogP contribution in [0.15, 0.2) is 18.2 Å². The third-order valence-corrected chi connectivity index (χ3v) is 5.17. The van der Waals surface area contributed by atoms with Gasteiger partial charge in [0.15, 0.2) is 0 Å². The quantitative estimate of drug-likeness (QED) is 0.581. The van der Waals surface area contributed by atoms with Gasteiger partial charge in [0, 0.05) is 12.8 Å². The van der Waals surface area contributed by atoms with Crippen LogP contribution in [0.3, 0.4) is 0 Å². The summed E-state index contributed by atoms with van der Waals surface area (Å²) in [6.07, 6.45) is -3.35. The zero-order valence-electron chi connectivity index (χ0n) is 15.0. The maximum absolute atomic E-state index is 12.8. The average Bonchev–Trinajstić information content (AvgIpc) is 2.81. The van der Waals surface area contributed by atoms with E-state index in [0.29, 0.717) is 30.7 Å². The Hall–Kier alpha value is -2.45. The van der Waals surface area contributed by atoms with E-state index in [-0.39, 0.29) is 24.4 Å². The first-order valence-corrected chi connectivity index (χ1v) is 8.66. The topological polar surface area (TPSA) is 76.7 Å². The summed E-state index contributed by atoms with van der Waals surface area (Å²) in [5, 5.41) is 5.22. The van der Waals surface area contributed by atoms with Crippen molar-refractivity contribution in [2.24, 2.45) is 5.92 Å². The molecular formula is C18H21F3N2O4. The molecule has 2 N–H and O–H groups in total. The number of alkyl halides is 3. The molecular weight excluding hydrogens is 365 g/mol. The first-order chi connectivity index (χ1) is 12.7. The molecule has 1 saturated carbocycles. The molecule has 1 heterocycles. The second kappa shape index (κ2) is 6.94. The van der Waals surface area contributed by atoms with Crippen molar-refractivity contribution in [1.82, 2.24) is 5.32 Å². The van der Waals surface area contributed by atoms with Crippen LogP contribution >= 0.6 is 0 Å². The first-order valence-electron chi connectivity index (χ1n) is 8.66. The zero-order chi connectivity index (χ0) is 19.8. The Bertz CT molecular complexity index is 753. The van der Waals surface area contributed by atoms with E-state index in [4.69, 9.17) is 9.47 Å². The van der Waals surface area contributed by atoms with Gasteiger partial charge in [0.2, 0.25) is 0 Å². The molecule has 0 saturated heterocycles. The maximum atomic E-state index is 12.8. The second-order valence-corrected chi connectivity index (χ2v) is 6.90. The minimum atomic E-state index is -4.96. The average molecular weight is 386 g/mol. The highest BCUT2D eigenvalue weighted by Crippen LogP contribution is 2.60. The van der Waals surface area contributed by atoms with Gasteiger partial charge in [0.05, 0.1) is 19.4 Å². The van der Waals surface area contributed by atoms with Crippen molar-refractivity contribution in [3.63, 3.8) is 0 Å². The van der Waals surface area contributed by atoms with Crippen LogP contribution in [0.4, 0.5) is 18.9 Å². The summed E-state index contributed by atoms with van der Waals surface area (Å²) < 4.78 is 48.6. The van der Waals surface area contributed by atoms with Gasteiger partial charge in [-0.05, 0) is 36.8 Å². The number of hydrogen-bond donors (Lipinski definition) is 2. The number of benzene rings is 1. The van der Waals surface area contributed by atoms with Crippen molar-refractivity contribution in [3.8, 4) is 5.75 Å². The number of rotatable bonds is 6. The van der Waals surface area contributed by atoms with Gasteiger partial charge in [0.1, 0.15) is 11.4 Å². The van der Waals surface area contributed by atoms with Crippen LogP contribution in [0.2, 0.25) is 0 Å². The Morgan fingerprint density at radius 2 is 2.11 bits per heavy atom. The summed E-state index contributed by atoms with van der Waals surface area (Å²) in [5.74, 6) is -2.08. The Balaban J connectivity index is 1.80. The number of para-hydroxylation sites is 1. The summed E-state index contributed by atoms with van der Waals surface area (Å²) in [6.45, 7) is 1.59. The van der Waals surface area contributed by atoms with Crippen molar-refractivity contribution in [3.05, 3.63) is 23.8 Å². The van der Waals surface area contributed by atoms with Crippen LogP contribution in [0.25, 0.3) is 0 Å².